The van der Waals surface area contributed by atoms with Gasteiger partial charge in [0.05, 0.1) is 29.4 Å². The Morgan fingerprint density at radius 3 is 2.50 bits per heavy atom. The Kier molecular flexibility index (Phi) is 5.62. The van der Waals surface area contributed by atoms with E-state index in [4.69, 9.17) is 9.40 Å². The van der Waals surface area contributed by atoms with Crippen LogP contribution in [0.1, 0.15) is 33.0 Å². The molecular formula is C30H26N4O2. The molecule has 0 aliphatic rings. The normalized spacial score (nSPS) is 11.4. The van der Waals surface area contributed by atoms with Gasteiger partial charge >= 0.3 is 0 Å². The summed E-state index contributed by atoms with van der Waals surface area (Å²) in [4.78, 5) is 18.3. The number of nitrogens with one attached hydrogen (secondary N) is 1. The molecule has 36 heavy (non-hydrogen) atoms. The second-order valence-electron chi connectivity index (χ2n) is 8.98. The largest absolute Gasteiger partial charge is 0.463 e. The molecule has 0 aliphatic heterocycles. The number of aryl methyl sites for hydroxylation is 1. The van der Waals surface area contributed by atoms with Crippen LogP contribution in [0.4, 0.5) is 0 Å². The summed E-state index contributed by atoms with van der Waals surface area (Å²) < 4.78 is 9.82. The summed E-state index contributed by atoms with van der Waals surface area (Å²) in [6.45, 7) is 3.67. The predicted molar refractivity (Wildman–Crippen MR) is 141 cm³/mol. The van der Waals surface area contributed by atoms with Crippen LogP contribution in [-0.4, -0.2) is 20.0 Å². The average Bonchev–Trinajstić information content (AvgIpc) is 3.59. The lowest BCUT2D eigenvalue weighted by Crippen LogP contribution is -2.27. The van der Waals surface area contributed by atoms with E-state index in [1.54, 1.807) is 6.26 Å². The van der Waals surface area contributed by atoms with Gasteiger partial charge in [0.1, 0.15) is 11.5 Å². The van der Waals surface area contributed by atoms with Crippen molar-refractivity contribution in [1.82, 2.24) is 19.4 Å². The molecule has 6 aromatic rings. The number of para-hydroxylation sites is 2. The third-order valence-electron chi connectivity index (χ3n) is 6.67. The molecule has 0 fully saturated rings. The second kappa shape index (κ2) is 9.23. The highest BCUT2D eigenvalue weighted by molar-refractivity contribution is 5.97. The maximum Gasteiger partial charge on any atom is 0.268 e. The number of nitrogens with zero attached hydrogens (tertiary/aromatic N) is 3. The van der Waals surface area contributed by atoms with E-state index < -0.39 is 0 Å². The molecule has 3 aromatic heterocycles. The van der Waals surface area contributed by atoms with Crippen molar-refractivity contribution in [3.05, 3.63) is 125 Å². The highest BCUT2D eigenvalue weighted by Crippen LogP contribution is 2.24. The molecule has 3 heterocycles. The van der Waals surface area contributed by atoms with Gasteiger partial charge in [0.15, 0.2) is 5.58 Å². The van der Waals surface area contributed by atoms with Gasteiger partial charge in [-0.3, -0.25) is 4.79 Å². The molecule has 1 N–H and O–H groups in total. The van der Waals surface area contributed by atoms with Crippen LogP contribution in [0, 0.1) is 6.92 Å². The molecule has 1 amide bonds. The Balaban J connectivity index is 1.30. The molecule has 0 saturated carbocycles. The first kappa shape index (κ1) is 21.9. The van der Waals surface area contributed by atoms with Crippen molar-refractivity contribution < 1.29 is 9.21 Å². The Morgan fingerprint density at radius 2 is 1.64 bits per heavy atom. The number of carbonyl (C=O) groups is 1. The SMILES string of the molecule is Cc1ccccc1Cn1c(C(=O)NCc2nc3ccccc3n2Cc2ccccc2)cc2occc21. The molecule has 0 atom stereocenters. The van der Waals surface area contributed by atoms with Gasteiger partial charge in [-0.05, 0) is 35.7 Å². The number of rotatable bonds is 7. The van der Waals surface area contributed by atoms with Gasteiger partial charge in [0, 0.05) is 25.2 Å². The van der Waals surface area contributed by atoms with Crippen LogP contribution in [0.3, 0.4) is 0 Å². The average molecular weight is 475 g/mol. The zero-order chi connectivity index (χ0) is 24.5. The van der Waals surface area contributed by atoms with Crippen molar-refractivity contribution in [2.24, 2.45) is 0 Å². The number of aromatic nitrogens is 3. The smallest absolute Gasteiger partial charge is 0.268 e. The van der Waals surface area contributed by atoms with Gasteiger partial charge in [-0.25, -0.2) is 4.98 Å². The monoisotopic (exact) mass is 474 g/mol. The number of benzene rings is 3. The Hall–Kier alpha value is -4.58. The van der Waals surface area contributed by atoms with E-state index in [0.29, 0.717) is 30.9 Å². The quantitative estimate of drug-likeness (QED) is 0.312. The van der Waals surface area contributed by atoms with E-state index in [-0.39, 0.29) is 5.91 Å². The minimum Gasteiger partial charge on any atom is -0.463 e. The third-order valence-corrected chi connectivity index (χ3v) is 6.67. The van der Waals surface area contributed by atoms with Crippen LogP contribution in [0.2, 0.25) is 0 Å². The summed E-state index contributed by atoms with van der Waals surface area (Å²) in [7, 11) is 0. The number of carbonyl (C=O) groups excluding carboxylic acids is 1. The third kappa shape index (κ3) is 4.07. The van der Waals surface area contributed by atoms with Gasteiger partial charge in [-0.15, -0.1) is 0 Å². The summed E-state index contributed by atoms with van der Waals surface area (Å²) in [5.41, 5.74) is 7.66. The highest BCUT2D eigenvalue weighted by Gasteiger charge is 2.19. The molecule has 6 rings (SSSR count). The lowest BCUT2D eigenvalue weighted by molar-refractivity contribution is 0.0941. The molecule has 0 saturated heterocycles. The molecular weight excluding hydrogens is 448 g/mol. The van der Waals surface area contributed by atoms with Crippen molar-refractivity contribution in [1.29, 1.82) is 0 Å². The first-order chi connectivity index (χ1) is 17.7. The summed E-state index contributed by atoms with van der Waals surface area (Å²) in [6.07, 6.45) is 1.66. The van der Waals surface area contributed by atoms with Crippen LogP contribution >= 0.6 is 0 Å². The minimum absolute atomic E-state index is 0.159. The number of fused-ring (bicyclic) bond motifs is 2. The Bertz CT molecular complexity index is 1670. The highest BCUT2D eigenvalue weighted by atomic mass is 16.3. The first-order valence-corrected chi connectivity index (χ1v) is 12.0. The van der Waals surface area contributed by atoms with Gasteiger partial charge in [-0.2, -0.15) is 0 Å². The zero-order valence-electron chi connectivity index (χ0n) is 20.0. The molecule has 6 heteroatoms. The van der Waals surface area contributed by atoms with E-state index in [1.807, 2.05) is 65.2 Å². The Labute approximate surface area is 208 Å². The molecule has 3 aromatic carbocycles. The standard InChI is InChI=1S/C30H26N4O2/c1-21-9-5-6-12-23(21)20-33-26-15-16-36-28(26)17-27(33)30(35)31-18-29-32-24-13-7-8-14-25(24)34(29)19-22-10-3-2-4-11-22/h2-17H,18-20H2,1H3,(H,31,35). The summed E-state index contributed by atoms with van der Waals surface area (Å²) in [6, 6.07) is 30.3. The second-order valence-corrected chi connectivity index (χ2v) is 8.98. The van der Waals surface area contributed by atoms with Crippen molar-refractivity contribution in [3.8, 4) is 0 Å². The summed E-state index contributed by atoms with van der Waals surface area (Å²) in [5.74, 6) is 0.655. The maximum atomic E-state index is 13.5. The van der Waals surface area contributed by atoms with Crippen molar-refractivity contribution in [2.45, 2.75) is 26.6 Å². The van der Waals surface area contributed by atoms with Crippen molar-refractivity contribution in [3.63, 3.8) is 0 Å². The van der Waals surface area contributed by atoms with Crippen molar-refractivity contribution in [2.75, 3.05) is 0 Å². The summed E-state index contributed by atoms with van der Waals surface area (Å²) in [5, 5.41) is 3.11. The van der Waals surface area contributed by atoms with Crippen LogP contribution in [-0.2, 0) is 19.6 Å². The number of imidazole rings is 1. The molecule has 0 radical (unpaired) electrons. The zero-order valence-corrected chi connectivity index (χ0v) is 20.0. The van der Waals surface area contributed by atoms with Gasteiger partial charge in [0.25, 0.3) is 5.91 Å². The molecule has 0 bridgehead atoms. The molecule has 0 spiro atoms. The lowest BCUT2D eigenvalue weighted by atomic mass is 10.1. The summed E-state index contributed by atoms with van der Waals surface area (Å²) >= 11 is 0. The van der Waals surface area contributed by atoms with Crippen LogP contribution in [0.5, 0.6) is 0 Å². The topological polar surface area (TPSA) is 65.0 Å². The molecule has 6 nitrogen and oxygen atoms in total. The lowest BCUT2D eigenvalue weighted by Gasteiger charge is -2.13. The predicted octanol–water partition coefficient (Wildman–Crippen LogP) is 5.92. The number of hydrogen-bond donors (Lipinski definition) is 1. The van der Waals surface area contributed by atoms with E-state index in [2.05, 4.69) is 47.1 Å². The van der Waals surface area contributed by atoms with Crippen LogP contribution in [0.15, 0.2) is 102 Å². The van der Waals surface area contributed by atoms with Crippen molar-refractivity contribution >= 4 is 28.0 Å². The van der Waals surface area contributed by atoms with Gasteiger partial charge in [-0.1, -0.05) is 66.7 Å². The maximum absolute atomic E-state index is 13.5. The van der Waals surface area contributed by atoms with Crippen LogP contribution < -0.4 is 5.32 Å². The molecule has 178 valence electrons. The van der Waals surface area contributed by atoms with Gasteiger partial charge in [0.2, 0.25) is 0 Å². The fraction of sp³-hybridized carbons (Fsp3) is 0.133. The van der Waals surface area contributed by atoms with Gasteiger partial charge < -0.3 is 18.9 Å². The van der Waals surface area contributed by atoms with E-state index in [1.165, 1.54) is 11.1 Å². The minimum atomic E-state index is -0.159. The molecule has 0 unspecified atom stereocenters. The first-order valence-electron chi connectivity index (χ1n) is 12.0. The number of furan rings is 1. The number of amides is 1. The fourth-order valence-electron chi connectivity index (χ4n) is 4.75. The van der Waals surface area contributed by atoms with E-state index >= 15 is 0 Å². The van der Waals surface area contributed by atoms with E-state index in [9.17, 15) is 4.79 Å². The van der Waals surface area contributed by atoms with Crippen LogP contribution in [0.25, 0.3) is 22.1 Å². The van der Waals surface area contributed by atoms with E-state index in [0.717, 1.165) is 27.9 Å². The fourth-order valence-corrected chi connectivity index (χ4v) is 4.75. The molecule has 0 aliphatic carbocycles. The number of hydrogen-bond acceptors (Lipinski definition) is 3. The Morgan fingerprint density at radius 1 is 0.861 bits per heavy atom.